The van der Waals surface area contributed by atoms with Crippen LogP contribution in [0, 0.1) is 13.8 Å². The predicted molar refractivity (Wildman–Crippen MR) is 105 cm³/mol. The zero-order valence-corrected chi connectivity index (χ0v) is 15.5. The molecule has 1 aromatic heterocycles. The van der Waals surface area contributed by atoms with E-state index in [-0.39, 0.29) is 6.61 Å². The summed E-state index contributed by atoms with van der Waals surface area (Å²) < 4.78 is 5.81. The first-order chi connectivity index (χ1) is 12.6. The molecule has 3 N–H and O–H groups in total. The fraction of sp³-hybridized carbons (Fsp3) is 0.381. The van der Waals surface area contributed by atoms with Crippen molar-refractivity contribution < 1.29 is 9.84 Å². The van der Waals surface area contributed by atoms with Gasteiger partial charge in [-0.25, -0.2) is 0 Å². The van der Waals surface area contributed by atoms with Crippen molar-refractivity contribution >= 4 is 10.9 Å². The molecule has 5 heteroatoms. The largest absolute Gasteiger partial charge is 0.490 e. The highest BCUT2D eigenvalue weighted by molar-refractivity contribution is 5.87. The molecular formula is C21H27N3O2. The van der Waals surface area contributed by atoms with E-state index in [1.165, 1.54) is 11.1 Å². The topological polar surface area (TPSA) is 70.2 Å². The van der Waals surface area contributed by atoms with Gasteiger partial charge in [0.05, 0.1) is 10.9 Å². The number of H-pyrrole nitrogens is 1. The molecule has 1 atom stereocenters. The monoisotopic (exact) mass is 353 g/mol. The van der Waals surface area contributed by atoms with Gasteiger partial charge in [0.15, 0.2) is 0 Å². The van der Waals surface area contributed by atoms with Gasteiger partial charge in [-0.1, -0.05) is 30.3 Å². The summed E-state index contributed by atoms with van der Waals surface area (Å²) in [7, 11) is 0. The standard InChI is InChI=1S/C21H27N3O2/c1-15-7-3-4-8-17(15)9-6-12-22-13-18(25)14-26-20-11-5-10-19-21(20)16(2)23-24-19/h3-5,7-8,10-11,18,22,25H,6,9,12-14H2,1-2H3,(H,23,24)/t18-/m0/s1. The van der Waals surface area contributed by atoms with Crippen molar-refractivity contribution in [2.24, 2.45) is 0 Å². The van der Waals surface area contributed by atoms with Gasteiger partial charge in [-0.05, 0) is 56.5 Å². The Hall–Kier alpha value is -2.37. The second-order valence-corrected chi connectivity index (χ2v) is 6.70. The lowest BCUT2D eigenvalue weighted by molar-refractivity contribution is 0.107. The Bertz CT molecular complexity index is 844. The zero-order valence-electron chi connectivity index (χ0n) is 15.5. The average Bonchev–Trinajstić information content (AvgIpc) is 3.03. The van der Waals surface area contributed by atoms with Crippen LogP contribution < -0.4 is 10.1 Å². The van der Waals surface area contributed by atoms with Gasteiger partial charge in [0, 0.05) is 12.2 Å². The highest BCUT2D eigenvalue weighted by Crippen LogP contribution is 2.26. The molecule has 0 fully saturated rings. The molecule has 0 unspecified atom stereocenters. The first-order valence-electron chi connectivity index (χ1n) is 9.15. The summed E-state index contributed by atoms with van der Waals surface area (Å²) in [5.41, 5.74) is 4.58. The molecule has 3 rings (SSSR count). The number of nitrogens with one attached hydrogen (secondary N) is 2. The number of aryl methyl sites for hydroxylation is 3. The number of aromatic amines is 1. The Morgan fingerprint density at radius 1 is 1.15 bits per heavy atom. The summed E-state index contributed by atoms with van der Waals surface area (Å²) in [6.45, 7) is 5.77. The number of hydrogen-bond acceptors (Lipinski definition) is 4. The van der Waals surface area contributed by atoms with Crippen LogP contribution in [0.3, 0.4) is 0 Å². The zero-order chi connectivity index (χ0) is 18.4. The average molecular weight is 353 g/mol. The van der Waals surface area contributed by atoms with E-state index < -0.39 is 6.10 Å². The molecule has 5 nitrogen and oxygen atoms in total. The molecule has 2 aromatic carbocycles. The lowest BCUT2D eigenvalue weighted by Gasteiger charge is -2.14. The van der Waals surface area contributed by atoms with Crippen LogP contribution in [-0.4, -0.2) is 41.1 Å². The SMILES string of the molecule is Cc1ccccc1CCCNC[C@H](O)COc1cccc2n[nH]c(C)c12. The summed E-state index contributed by atoms with van der Waals surface area (Å²) in [4.78, 5) is 0. The Labute approximate surface area is 154 Å². The Balaban J connectivity index is 1.38. The van der Waals surface area contributed by atoms with Crippen LogP contribution in [0.5, 0.6) is 5.75 Å². The van der Waals surface area contributed by atoms with Crippen LogP contribution in [-0.2, 0) is 6.42 Å². The van der Waals surface area contributed by atoms with Crippen LogP contribution >= 0.6 is 0 Å². The van der Waals surface area contributed by atoms with Crippen LogP contribution in [0.1, 0.15) is 23.2 Å². The summed E-state index contributed by atoms with van der Waals surface area (Å²) in [6.07, 6.45) is 1.55. The molecular weight excluding hydrogens is 326 g/mol. The fourth-order valence-electron chi connectivity index (χ4n) is 3.12. The Morgan fingerprint density at radius 3 is 2.85 bits per heavy atom. The molecule has 0 aliphatic rings. The fourth-order valence-corrected chi connectivity index (χ4v) is 3.12. The lowest BCUT2D eigenvalue weighted by atomic mass is 10.0. The number of aliphatic hydroxyl groups excluding tert-OH is 1. The summed E-state index contributed by atoms with van der Waals surface area (Å²) >= 11 is 0. The van der Waals surface area contributed by atoms with E-state index in [1.54, 1.807) is 0 Å². The van der Waals surface area contributed by atoms with Crippen LogP contribution in [0.4, 0.5) is 0 Å². The van der Waals surface area contributed by atoms with Gasteiger partial charge < -0.3 is 15.2 Å². The van der Waals surface area contributed by atoms with Crippen molar-refractivity contribution in [3.05, 3.63) is 59.3 Å². The van der Waals surface area contributed by atoms with E-state index in [0.717, 1.165) is 41.7 Å². The maximum absolute atomic E-state index is 10.2. The third-order valence-electron chi connectivity index (χ3n) is 4.60. The Morgan fingerprint density at radius 2 is 2.00 bits per heavy atom. The first-order valence-corrected chi connectivity index (χ1v) is 9.15. The molecule has 0 bridgehead atoms. The molecule has 0 amide bonds. The maximum Gasteiger partial charge on any atom is 0.130 e. The molecule has 0 aliphatic heterocycles. The van der Waals surface area contributed by atoms with Crippen LogP contribution in [0.25, 0.3) is 10.9 Å². The molecule has 1 heterocycles. The van der Waals surface area contributed by atoms with Gasteiger partial charge in [0.1, 0.15) is 18.5 Å². The van der Waals surface area contributed by atoms with E-state index in [9.17, 15) is 5.11 Å². The van der Waals surface area contributed by atoms with Crippen molar-refractivity contribution in [1.29, 1.82) is 0 Å². The third-order valence-corrected chi connectivity index (χ3v) is 4.60. The molecule has 0 saturated carbocycles. The van der Waals surface area contributed by atoms with Gasteiger partial charge in [0.2, 0.25) is 0 Å². The molecule has 0 radical (unpaired) electrons. The molecule has 0 aliphatic carbocycles. The number of ether oxygens (including phenoxy) is 1. The minimum atomic E-state index is -0.545. The molecule has 0 saturated heterocycles. The highest BCUT2D eigenvalue weighted by Gasteiger charge is 2.10. The van der Waals surface area contributed by atoms with Gasteiger partial charge in [-0.3, -0.25) is 5.10 Å². The molecule has 26 heavy (non-hydrogen) atoms. The Kier molecular flexibility index (Phi) is 6.26. The molecule has 0 spiro atoms. The second-order valence-electron chi connectivity index (χ2n) is 6.70. The van der Waals surface area contributed by atoms with Gasteiger partial charge in [-0.2, -0.15) is 5.10 Å². The first kappa shape index (κ1) is 18.4. The summed E-state index contributed by atoms with van der Waals surface area (Å²) in [5.74, 6) is 0.757. The van der Waals surface area contributed by atoms with Crippen molar-refractivity contribution in [3.8, 4) is 5.75 Å². The van der Waals surface area contributed by atoms with Crippen LogP contribution in [0.2, 0.25) is 0 Å². The number of fused-ring (bicyclic) bond motifs is 1. The van der Waals surface area contributed by atoms with E-state index in [1.807, 2.05) is 25.1 Å². The third kappa shape index (κ3) is 4.62. The van der Waals surface area contributed by atoms with E-state index in [0.29, 0.717) is 6.54 Å². The van der Waals surface area contributed by atoms with Gasteiger partial charge in [-0.15, -0.1) is 0 Å². The quantitative estimate of drug-likeness (QED) is 0.517. The van der Waals surface area contributed by atoms with Crippen molar-refractivity contribution in [2.45, 2.75) is 32.8 Å². The number of rotatable bonds is 9. The van der Waals surface area contributed by atoms with E-state index in [2.05, 4.69) is 46.7 Å². The van der Waals surface area contributed by atoms with Gasteiger partial charge >= 0.3 is 0 Å². The van der Waals surface area contributed by atoms with E-state index in [4.69, 9.17) is 4.74 Å². The van der Waals surface area contributed by atoms with Crippen molar-refractivity contribution in [3.63, 3.8) is 0 Å². The van der Waals surface area contributed by atoms with Crippen LogP contribution in [0.15, 0.2) is 42.5 Å². The minimum Gasteiger partial charge on any atom is -0.490 e. The number of benzene rings is 2. The predicted octanol–water partition coefficient (Wildman–Crippen LogP) is 3.14. The summed E-state index contributed by atoms with van der Waals surface area (Å²) in [5, 5.41) is 21.6. The summed E-state index contributed by atoms with van der Waals surface area (Å²) in [6, 6.07) is 14.2. The molecule has 3 aromatic rings. The molecule has 138 valence electrons. The highest BCUT2D eigenvalue weighted by atomic mass is 16.5. The van der Waals surface area contributed by atoms with Crippen molar-refractivity contribution in [2.75, 3.05) is 19.7 Å². The minimum absolute atomic E-state index is 0.258. The van der Waals surface area contributed by atoms with E-state index >= 15 is 0 Å². The van der Waals surface area contributed by atoms with Crippen molar-refractivity contribution in [1.82, 2.24) is 15.5 Å². The number of nitrogens with zero attached hydrogens (tertiary/aromatic N) is 1. The number of aromatic nitrogens is 2. The maximum atomic E-state index is 10.2. The lowest BCUT2D eigenvalue weighted by Crippen LogP contribution is -2.32. The smallest absolute Gasteiger partial charge is 0.130 e. The number of aliphatic hydroxyl groups is 1. The number of hydrogen-bond donors (Lipinski definition) is 3. The second kappa shape index (κ2) is 8.83. The van der Waals surface area contributed by atoms with Gasteiger partial charge in [0.25, 0.3) is 0 Å². The normalized spacial score (nSPS) is 12.4.